The van der Waals surface area contributed by atoms with E-state index in [1.807, 2.05) is 72.8 Å². The van der Waals surface area contributed by atoms with Crippen LogP contribution in [-0.4, -0.2) is 10.9 Å². The summed E-state index contributed by atoms with van der Waals surface area (Å²) in [6, 6.07) is 23.4. The Morgan fingerprint density at radius 3 is 2.23 bits per heavy atom. The summed E-state index contributed by atoms with van der Waals surface area (Å²) in [4.78, 5) is 14.7. The maximum atomic E-state index is 13.1. The van der Waals surface area contributed by atoms with Crippen molar-refractivity contribution in [1.82, 2.24) is 0 Å². The Bertz CT molecular complexity index is 1240. The Morgan fingerprint density at radius 1 is 0.769 bits per heavy atom. The smallest absolute Gasteiger partial charge is 0.201 e. The van der Waals surface area contributed by atoms with Gasteiger partial charge in [-0.2, -0.15) is 0 Å². The molecule has 4 aromatic rings. The topological polar surface area (TPSA) is 37.3 Å². The fourth-order valence-corrected chi connectivity index (χ4v) is 4.57. The number of carbonyl (C=O) groups is 1. The van der Waals surface area contributed by atoms with Crippen molar-refractivity contribution in [3.05, 3.63) is 88.8 Å². The molecule has 0 atom stereocenters. The van der Waals surface area contributed by atoms with Gasteiger partial charge in [-0.1, -0.05) is 72.4 Å². The highest BCUT2D eigenvalue weighted by Gasteiger charge is 2.28. The molecule has 0 saturated heterocycles. The minimum Gasteiger partial charge on any atom is -0.507 e. The number of fused-ring (bicyclic) bond motifs is 4. The van der Waals surface area contributed by atoms with Crippen LogP contribution in [0.4, 0.5) is 0 Å². The summed E-state index contributed by atoms with van der Waals surface area (Å²) < 4.78 is 0. The van der Waals surface area contributed by atoms with Crippen molar-refractivity contribution < 1.29 is 9.90 Å². The van der Waals surface area contributed by atoms with Gasteiger partial charge in [0.15, 0.2) is 0 Å². The van der Waals surface area contributed by atoms with Crippen molar-refractivity contribution in [1.29, 1.82) is 0 Å². The number of allylic oxidation sites excluding steroid dienone is 1. The fraction of sp³-hybridized carbons (Fsp3) is 0. The van der Waals surface area contributed by atoms with E-state index in [1.165, 1.54) is 11.8 Å². The van der Waals surface area contributed by atoms with Crippen molar-refractivity contribution in [2.75, 3.05) is 0 Å². The highest BCUT2D eigenvalue weighted by molar-refractivity contribution is 8.05. The van der Waals surface area contributed by atoms with Gasteiger partial charge in [0, 0.05) is 16.0 Å². The average molecular weight is 354 g/mol. The zero-order valence-corrected chi connectivity index (χ0v) is 14.6. The molecule has 0 fully saturated rings. The Hall–Kier alpha value is -3.04. The predicted octanol–water partition coefficient (Wildman–Crippen LogP) is 6.03. The van der Waals surface area contributed by atoms with Crippen LogP contribution in [-0.2, 0) is 0 Å². The van der Waals surface area contributed by atoms with E-state index < -0.39 is 0 Å². The van der Waals surface area contributed by atoms with Crippen LogP contribution in [0.2, 0.25) is 0 Å². The van der Waals surface area contributed by atoms with E-state index in [0.717, 1.165) is 32.0 Å². The molecular formula is C23H14O2S. The molecule has 0 unspecified atom stereocenters. The first-order chi connectivity index (χ1) is 12.7. The summed E-state index contributed by atoms with van der Waals surface area (Å²) in [5, 5.41) is 14.4. The van der Waals surface area contributed by atoms with E-state index >= 15 is 0 Å². The molecule has 3 heteroatoms. The zero-order valence-electron chi connectivity index (χ0n) is 13.8. The molecule has 2 nitrogen and oxygen atoms in total. The van der Waals surface area contributed by atoms with Gasteiger partial charge in [0.05, 0.1) is 4.91 Å². The zero-order chi connectivity index (χ0) is 17.7. The lowest BCUT2D eigenvalue weighted by molar-refractivity contribution is 0.104. The minimum absolute atomic E-state index is 0.0223. The molecule has 1 aliphatic heterocycles. The number of phenolic OH excluding ortho intramolecular Hbond substituents is 1. The van der Waals surface area contributed by atoms with Gasteiger partial charge < -0.3 is 5.11 Å². The lowest BCUT2D eigenvalue weighted by Gasteiger charge is -2.06. The Kier molecular flexibility index (Phi) is 3.37. The van der Waals surface area contributed by atoms with Crippen molar-refractivity contribution in [2.24, 2.45) is 0 Å². The number of thioether (sulfide) groups is 1. The Balaban J connectivity index is 1.70. The first-order valence-electron chi connectivity index (χ1n) is 8.39. The summed E-state index contributed by atoms with van der Waals surface area (Å²) >= 11 is 1.47. The maximum absolute atomic E-state index is 13.1. The second-order valence-electron chi connectivity index (χ2n) is 6.32. The second kappa shape index (κ2) is 5.75. The van der Waals surface area contributed by atoms with Crippen LogP contribution in [0.15, 0.2) is 82.6 Å². The maximum Gasteiger partial charge on any atom is 0.201 e. The molecule has 26 heavy (non-hydrogen) atoms. The van der Waals surface area contributed by atoms with Crippen molar-refractivity contribution in [2.45, 2.75) is 4.90 Å². The SMILES string of the molecule is O=C1/C(=C/c2c(O)ccc3ccccc23)Sc2ccc3ccccc3c21. The van der Waals surface area contributed by atoms with E-state index in [9.17, 15) is 9.90 Å². The van der Waals surface area contributed by atoms with Gasteiger partial charge in [0.2, 0.25) is 5.78 Å². The number of Topliss-reactive ketones (excluding diaryl/α,β-unsaturated/α-hetero) is 1. The molecule has 0 amide bonds. The van der Waals surface area contributed by atoms with Gasteiger partial charge >= 0.3 is 0 Å². The minimum atomic E-state index is 0.0223. The van der Waals surface area contributed by atoms with E-state index in [1.54, 1.807) is 6.07 Å². The first-order valence-corrected chi connectivity index (χ1v) is 9.21. The van der Waals surface area contributed by atoms with Crippen LogP contribution in [0, 0.1) is 0 Å². The first kappa shape index (κ1) is 15.2. The standard InChI is InChI=1S/C23H14O2S/c24-19-11-9-14-5-1-3-7-16(14)18(19)13-21-23(25)22-17-8-4-2-6-15(17)10-12-20(22)26-21/h1-13,24H/b21-13-. The lowest BCUT2D eigenvalue weighted by Crippen LogP contribution is -1.96. The third-order valence-electron chi connectivity index (χ3n) is 4.78. The second-order valence-corrected chi connectivity index (χ2v) is 7.40. The summed E-state index contributed by atoms with van der Waals surface area (Å²) in [5.74, 6) is 0.208. The number of phenols is 1. The van der Waals surface area contributed by atoms with Crippen molar-refractivity contribution >= 4 is 45.2 Å². The normalized spacial score (nSPS) is 15.1. The van der Waals surface area contributed by atoms with E-state index in [2.05, 4.69) is 0 Å². The van der Waals surface area contributed by atoms with Crippen LogP contribution < -0.4 is 0 Å². The third-order valence-corrected chi connectivity index (χ3v) is 5.87. The van der Waals surface area contributed by atoms with Gasteiger partial charge in [-0.05, 0) is 39.8 Å². The molecule has 5 rings (SSSR count). The number of rotatable bonds is 1. The number of hydrogen-bond donors (Lipinski definition) is 1. The van der Waals surface area contributed by atoms with Crippen LogP contribution in [0.5, 0.6) is 5.75 Å². The molecule has 0 bridgehead atoms. The molecule has 0 aliphatic carbocycles. The molecule has 124 valence electrons. The largest absolute Gasteiger partial charge is 0.507 e. The molecule has 1 aliphatic rings. The van der Waals surface area contributed by atoms with Crippen LogP contribution in [0.1, 0.15) is 15.9 Å². The number of aromatic hydroxyl groups is 1. The number of ketones is 1. The Morgan fingerprint density at radius 2 is 1.42 bits per heavy atom. The number of hydrogen-bond acceptors (Lipinski definition) is 3. The number of benzene rings is 4. The number of carbonyl (C=O) groups excluding carboxylic acids is 1. The van der Waals surface area contributed by atoms with Gasteiger partial charge in [0.1, 0.15) is 5.75 Å². The van der Waals surface area contributed by atoms with Crippen LogP contribution in [0.3, 0.4) is 0 Å². The summed E-state index contributed by atoms with van der Waals surface area (Å²) in [7, 11) is 0. The van der Waals surface area contributed by atoms with Crippen LogP contribution in [0.25, 0.3) is 27.6 Å². The van der Waals surface area contributed by atoms with Gasteiger partial charge in [-0.3, -0.25) is 4.79 Å². The highest BCUT2D eigenvalue weighted by atomic mass is 32.2. The molecule has 0 spiro atoms. The summed E-state index contributed by atoms with van der Waals surface area (Å²) in [6.45, 7) is 0. The third kappa shape index (κ3) is 2.25. The molecular weight excluding hydrogens is 340 g/mol. The molecule has 1 N–H and O–H groups in total. The summed E-state index contributed by atoms with van der Waals surface area (Å²) in [6.07, 6.45) is 1.82. The van der Waals surface area contributed by atoms with E-state index in [-0.39, 0.29) is 11.5 Å². The summed E-state index contributed by atoms with van der Waals surface area (Å²) in [5.41, 5.74) is 1.45. The lowest BCUT2D eigenvalue weighted by atomic mass is 9.99. The molecule has 4 aromatic carbocycles. The van der Waals surface area contributed by atoms with Gasteiger partial charge in [-0.15, -0.1) is 0 Å². The monoisotopic (exact) mass is 354 g/mol. The predicted molar refractivity (Wildman–Crippen MR) is 108 cm³/mol. The molecule has 0 radical (unpaired) electrons. The van der Waals surface area contributed by atoms with Gasteiger partial charge in [-0.25, -0.2) is 0 Å². The average Bonchev–Trinajstić information content (AvgIpc) is 3.00. The Labute approximate surface area is 154 Å². The fourth-order valence-electron chi connectivity index (χ4n) is 3.52. The molecule has 0 aromatic heterocycles. The van der Waals surface area contributed by atoms with Crippen molar-refractivity contribution in [3.63, 3.8) is 0 Å². The van der Waals surface area contributed by atoms with Crippen molar-refractivity contribution in [3.8, 4) is 5.75 Å². The molecule has 1 heterocycles. The van der Waals surface area contributed by atoms with Crippen LogP contribution >= 0.6 is 11.8 Å². The highest BCUT2D eigenvalue weighted by Crippen LogP contribution is 2.45. The molecule has 0 saturated carbocycles. The quantitative estimate of drug-likeness (QED) is 0.424. The van der Waals surface area contributed by atoms with Gasteiger partial charge in [0.25, 0.3) is 0 Å². The van der Waals surface area contributed by atoms with E-state index in [4.69, 9.17) is 0 Å². The van der Waals surface area contributed by atoms with E-state index in [0.29, 0.717) is 10.5 Å².